The predicted molar refractivity (Wildman–Crippen MR) is 84.3 cm³/mol. The average Bonchev–Trinajstić information content (AvgIpc) is 2.74. The first-order valence-electron chi connectivity index (χ1n) is 7.42. The topological polar surface area (TPSA) is 41.1 Å². The molecule has 2 rings (SSSR count). The number of anilines is 1. The third kappa shape index (κ3) is 3.15. The summed E-state index contributed by atoms with van der Waals surface area (Å²) in [7, 11) is 0. The van der Waals surface area contributed by atoms with Gasteiger partial charge in [-0.05, 0) is 36.1 Å². The van der Waals surface area contributed by atoms with Crippen molar-refractivity contribution >= 4 is 23.2 Å². The molecule has 1 aromatic carbocycles. The number of fused-ring (bicyclic) bond motifs is 1. The Morgan fingerprint density at radius 2 is 2.15 bits per heavy atom. The van der Waals surface area contributed by atoms with E-state index in [9.17, 15) is 4.79 Å². The Kier molecular flexibility index (Phi) is 5.06. The van der Waals surface area contributed by atoms with Crippen LogP contribution in [0.1, 0.15) is 50.8 Å². The highest BCUT2D eigenvalue weighted by Crippen LogP contribution is 2.36. The summed E-state index contributed by atoms with van der Waals surface area (Å²) in [6.45, 7) is 7.47. The van der Waals surface area contributed by atoms with E-state index in [4.69, 9.17) is 11.6 Å². The van der Waals surface area contributed by atoms with Crippen LogP contribution in [0, 0.1) is 5.92 Å². The summed E-state index contributed by atoms with van der Waals surface area (Å²) in [5, 5.41) is 7.12. The summed E-state index contributed by atoms with van der Waals surface area (Å²) in [6, 6.07) is 4.23. The lowest BCUT2D eigenvalue weighted by molar-refractivity contribution is -0.115. The van der Waals surface area contributed by atoms with E-state index < -0.39 is 0 Å². The molecule has 1 heterocycles. The normalized spacial score (nSPS) is 16.7. The molecule has 2 unspecified atom stereocenters. The summed E-state index contributed by atoms with van der Waals surface area (Å²) in [4.78, 5) is 11.5. The smallest absolute Gasteiger partial charge is 0.228 e. The van der Waals surface area contributed by atoms with Gasteiger partial charge >= 0.3 is 0 Å². The minimum Gasteiger partial charge on any atom is -0.325 e. The van der Waals surface area contributed by atoms with Gasteiger partial charge in [0.05, 0.1) is 6.42 Å². The molecule has 0 spiro atoms. The van der Waals surface area contributed by atoms with Crippen LogP contribution in [0.25, 0.3) is 0 Å². The van der Waals surface area contributed by atoms with Gasteiger partial charge in [0.1, 0.15) is 0 Å². The van der Waals surface area contributed by atoms with E-state index >= 15 is 0 Å². The Morgan fingerprint density at radius 1 is 1.40 bits per heavy atom. The Labute approximate surface area is 126 Å². The molecule has 2 N–H and O–H groups in total. The summed E-state index contributed by atoms with van der Waals surface area (Å²) in [5.74, 6) is 0.565. The van der Waals surface area contributed by atoms with Crippen LogP contribution in [0.15, 0.2) is 12.1 Å². The molecule has 0 aromatic heterocycles. The molecule has 0 saturated heterocycles. The van der Waals surface area contributed by atoms with E-state index in [0.29, 0.717) is 12.3 Å². The van der Waals surface area contributed by atoms with E-state index in [1.807, 2.05) is 6.07 Å². The van der Waals surface area contributed by atoms with E-state index in [0.717, 1.165) is 41.2 Å². The zero-order chi connectivity index (χ0) is 14.7. The van der Waals surface area contributed by atoms with Gasteiger partial charge in [-0.15, -0.1) is 0 Å². The first kappa shape index (κ1) is 15.3. The minimum atomic E-state index is 0.0508. The second kappa shape index (κ2) is 6.59. The van der Waals surface area contributed by atoms with Crippen LogP contribution in [0.4, 0.5) is 5.69 Å². The molecule has 2 atom stereocenters. The third-order valence-corrected chi connectivity index (χ3v) is 4.25. The highest BCUT2D eigenvalue weighted by molar-refractivity contribution is 6.32. The quantitative estimate of drug-likeness (QED) is 0.835. The monoisotopic (exact) mass is 294 g/mol. The highest BCUT2D eigenvalue weighted by atomic mass is 35.5. The van der Waals surface area contributed by atoms with E-state index in [1.54, 1.807) is 0 Å². The SMILES string of the molecule is CCCC(C)C(NCC)c1cc2c(cc1Cl)NC(=O)C2. The molecule has 1 amide bonds. The fourth-order valence-electron chi connectivity index (χ4n) is 2.97. The van der Waals surface area contributed by atoms with Crippen molar-refractivity contribution in [1.82, 2.24) is 5.32 Å². The van der Waals surface area contributed by atoms with Crippen molar-refractivity contribution in [2.75, 3.05) is 11.9 Å². The largest absolute Gasteiger partial charge is 0.325 e. The Hall–Kier alpha value is -1.06. The van der Waals surface area contributed by atoms with Crippen molar-refractivity contribution in [3.05, 3.63) is 28.3 Å². The number of rotatable bonds is 6. The predicted octanol–water partition coefficient (Wildman–Crippen LogP) is 3.92. The summed E-state index contributed by atoms with van der Waals surface area (Å²) in [6.07, 6.45) is 2.77. The zero-order valence-corrected chi connectivity index (χ0v) is 13.2. The Balaban J connectivity index is 2.33. The average molecular weight is 295 g/mol. The van der Waals surface area contributed by atoms with Crippen molar-refractivity contribution in [3.63, 3.8) is 0 Å². The number of amides is 1. The van der Waals surface area contributed by atoms with Gasteiger partial charge in [-0.1, -0.05) is 44.9 Å². The Bertz CT molecular complexity index is 501. The van der Waals surface area contributed by atoms with Crippen molar-refractivity contribution in [2.24, 2.45) is 5.92 Å². The first-order valence-corrected chi connectivity index (χ1v) is 7.80. The fraction of sp³-hybridized carbons (Fsp3) is 0.562. The molecule has 1 aromatic rings. The van der Waals surface area contributed by atoms with Gasteiger partial charge < -0.3 is 10.6 Å². The van der Waals surface area contributed by atoms with E-state index in [1.165, 1.54) is 0 Å². The van der Waals surface area contributed by atoms with Crippen molar-refractivity contribution in [2.45, 2.75) is 46.1 Å². The molecule has 20 heavy (non-hydrogen) atoms. The lowest BCUT2D eigenvalue weighted by Gasteiger charge is -2.26. The highest BCUT2D eigenvalue weighted by Gasteiger charge is 2.25. The van der Waals surface area contributed by atoms with Gasteiger partial charge in [0.15, 0.2) is 0 Å². The number of carbonyl (C=O) groups is 1. The molecular formula is C16H23ClN2O. The maximum atomic E-state index is 11.5. The van der Waals surface area contributed by atoms with Crippen LogP contribution in [-0.4, -0.2) is 12.5 Å². The van der Waals surface area contributed by atoms with Crippen LogP contribution in [-0.2, 0) is 11.2 Å². The number of nitrogens with one attached hydrogen (secondary N) is 2. The maximum absolute atomic E-state index is 11.5. The molecule has 0 saturated carbocycles. The number of hydrogen-bond donors (Lipinski definition) is 2. The van der Waals surface area contributed by atoms with Gasteiger partial charge in [0.25, 0.3) is 0 Å². The van der Waals surface area contributed by atoms with Crippen molar-refractivity contribution < 1.29 is 4.79 Å². The van der Waals surface area contributed by atoms with Crippen LogP contribution < -0.4 is 10.6 Å². The molecule has 0 aliphatic carbocycles. The molecule has 0 bridgehead atoms. The molecule has 3 nitrogen and oxygen atoms in total. The summed E-state index contributed by atoms with van der Waals surface area (Å²) < 4.78 is 0. The van der Waals surface area contributed by atoms with Crippen LogP contribution in [0.3, 0.4) is 0 Å². The van der Waals surface area contributed by atoms with Gasteiger partial charge in [-0.2, -0.15) is 0 Å². The van der Waals surface area contributed by atoms with Crippen LogP contribution >= 0.6 is 11.6 Å². The van der Waals surface area contributed by atoms with Crippen LogP contribution in [0.2, 0.25) is 5.02 Å². The molecule has 4 heteroatoms. The second-order valence-corrected chi connectivity index (χ2v) is 5.96. The van der Waals surface area contributed by atoms with Crippen LogP contribution in [0.5, 0.6) is 0 Å². The lowest BCUT2D eigenvalue weighted by atomic mass is 9.89. The number of halogens is 1. The van der Waals surface area contributed by atoms with Gasteiger partial charge in [-0.3, -0.25) is 4.79 Å². The second-order valence-electron chi connectivity index (χ2n) is 5.56. The Morgan fingerprint density at radius 3 is 2.80 bits per heavy atom. The van der Waals surface area contributed by atoms with E-state index in [2.05, 4.69) is 37.5 Å². The third-order valence-electron chi connectivity index (χ3n) is 3.92. The fourth-order valence-corrected chi connectivity index (χ4v) is 3.25. The van der Waals surface area contributed by atoms with Gasteiger partial charge in [0.2, 0.25) is 5.91 Å². The minimum absolute atomic E-state index is 0.0508. The summed E-state index contributed by atoms with van der Waals surface area (Å²) in [5.41, 5.74) is 3.04. The molecule has 0 fully saturated rings. The lowest BCUT2D eigenvalue weighted by Crippen LogP contribution is -2.27. The number of benzene rings is 1. The molecule has 0 radical (unpaired) electrons. The number of hydrogen-bond acceptors (Lipinski definition) is 2. The van der Waals surface area contributed by atoms with Gasteiger partial charge in [0, 0.05) is 16.8 Å². The molecule has 110 valence electrons. The zero-order valence-electron chi connectivity index (χ0n) is 12.4. The van der Waals surface area contributed by atoms with Crippen molar-refractivity contribution in [3.8, 4) is 0 Å². The van der Waals surface area contributed by atoms with E-state index in [-0.39, 0.29) is 11.9 Å². The standard InChI is InChI=1S/C16H23ClN2O/c1-4-6-10(3)16(18-5-2)12-7-11-8-15(20)19-14(11)9-13(12)17/h7,9-10,16,18H,4-6,8H2,1-3H3,(H,19,20). The molecular weight excluding hydrogens is 272 g/mol. The van der Waals surface area contributed by atoms with Gasteiger partial charge in [-0.25, -0.2) is 0 Å². The summed E-state index contributed by atoms with van der Waals surface area (Å²) >= 11 is 6.44. The number of carbonyl (C=O) groups excluding carboxylic acids is 1. The molecule has 1 aliphatic rings. The van der Waals surface area contributed by atoms with Crippen molar-refractivity contribution in [1.29, 1.82) is 0 Å². The maximum Gasteiger partial charge on any atom is 0.228 e. The first-order chi connectivity index (χ1) is 9.56. The molecule has 1 aliphatic heterocycles.